The summed E-state index contributed by atoms with van der Waals surface area (Å²) < 4.78 is 13.0. The fourth-order valence-electron chi connectivity index (χ4n) is 4.02. The zero-order valence-electron chi connectivity index (χ0n) is 43.9. The molecule has 0 aliphatic carbocycles. The Bertz CT molecular complexity index is 2640. The number of ketones is 1. The predicted molar refractivity (Wildman–Crippen MR) is 348 cm³/mol. The van der Waals surface area contributed by atoms with Gasteiger partial charge in [-0.05, 0) is 123 Å². The van der Waals surface area contributed by atoms with E-state index in [1.807, 2.05) is 20.8 Å². The van der Waals surface area contributed by atoms with Gasteiger partial charge in [0.1, 0.15) is 30.9 Å². The number of amides is 1. The van der Waals surface area contributed by atoms with E-state index < -0.39 is 17.3 Å². The molecular weight excluding hydrogens is 1280 g/mol. The summed E-state index contributed by atoms with van der Waals surface area (Å²) in [4.78, 5) is 62.3. The fraction of sp³-hybridized carbons (Fsp3) is 0.419. The van der Waals surface area contributed by atoms with E-state index in [0.29, 0.717) is 28.7 Å². The van der Waals surface area contributed by atoms with Gasteiger partial charge in [0, 0.05) is 20.6 Å². The Balaban J connectivity index is -0.000000152. The number of hydrogen-bond acceptors (Lipinski definition) is 24. The zero-order valence-corrected chi connectivity index (χ0v) is 54.4. The van der Waals surface area contributed by atoms with Crippen LogP contribution in [0.5, 0.6) is 0 Å². The van der Waals surface area contributed by atoms with E-state index in [4.69, 9.17) is 48.9 Å². The number of hydrogen-bond donors (Lipinski definition) is 7. The first kappa shape index (κ1) is 87.4. The molecule has 0 bridgehead atoms. The van der Waals surface area contributed by atoms with E-state index in [1.165, 1.54) is 62.9 Å². The third-order valence-corrected chi connectivity index (χ3v) is 23.3. The van der Waals surface area contributed by atoms with Crippen molar-refractivity contribution in [2.75, 3.05) is 26.3 Å². The van der Waals surface area contributed by atoms with Crippen molar-refractivity contribution in [3.8, 4) is 0 Å². The Morgan fingerprint density at radius 2 is 1.35 bits per heavy atom. The van der Waals surface area contributed by atoms with E-state index in [1.54, 1.807) is 67.6 Å². The maximum atomic E-state index is 11.3. The number of aryl methyl sites for hydroxylation is 4. The molecule has 4 aromatic heterocycles. The van der Waals surface area contributed by atoms with Crippen LogP contribution >= 0.6 is 83.3 Å². The molecule has 1 saturated heterocycles. The first-order valence-corrected chi connectivity index (χ1v) is 33.9. The summed E-state index contributed by atoms with van der Waals surface area (Å²) in [7, 11) is 6.83. The van der Waals surface area contributed by atoms with Crippen molar-refractivity contribution in [3.63, 3.8) is 0 Å². The number of rotatable bonds is 17. The normalized spacial score (nSPS) is 11.5. The van der Waals surface area contributed by atoms with E-state index >= 15 is 0 Å². The molecule has 5 rings (SSSR count). The van der Waals surface area contributed by atoms with E-state index in [-0.39, 0.29) is 95.3 Å². The van der Waals surface area contributed by atoms with Crippen LogP contribution < -0.4 is 41.8 Å². The van der Waals surface area contributed by atoms with Crippen molar-refractivity contribution >= 4 is 204 Å². The SMILES string of the molecule is C.C=CC(N)=O.C=CC(N)=S.C=Cc1nc(C)c(C(=O)OCC)s1.C=Cc1nc(C)c(CO)s1.CCOC(=O)C(Cl)C(C)=O.Cc1nc(C(N)CN)sc1CO.Cc1nc(C2CN2N=S)sc1CO.S=PP=S=S=S=S.[AlH3].[H-].[Li+]. The number of aromatic nitrogens is 4. The summed E-state index contributed by atoms with van der Waals surface area (Å²) in [6.45, 7) is 27.7. The van der Waals surface area contributed by atoms with Crippen molar-refractivity contribution in [1.82, 2.24) is 24.9 Å². The fourth-order valence-corrected chi connectivity index (χ4v) is 17.4. The average Bonchev–Trinajstić information content (AvgIpc) is 3.60. The summed E-state index contributed by atoms with van der Waals surface area (Å²) in [5, 5.41) is 30.7. The Kier molecular flexibility index (Phi) is 59.6. The van der Waals surface area contributed by atoms with Crippen LogP contribution in [-0.4, -0.2) is 118 Å². The van der Waals surface area contributed by atoms with Gasteiger partial charge in [-0.3, -0.25) is 14.6 Å². The van der Waals surface area contributed by atoms with E-state index in [2.05, 4.69) is 109 Å². The van der Waals surface area contributed by atoms with Crippen molar-refractivity contribution in [1.29, 1.82) is 0 Å². The van der Waals surface area contributed by atoms with Crippen LogP contribution in [0.25, 0.3) is 12.2 Å². The molecule has 3 atom stereocenters. The number of aliphatic hydroxyl groups is 3. The molecule has 11 N–H and O–H groups in total. The van der Waals surface area contributed by atoms with Gasteiger partial charge >= 0.3 is 30.8 Å². The molecule has 19 nitrogen and oxygen atoms in total. The number of ether oxygens (including phenoxy) is 2. The number of thiocarbonyl (C=S) groups is 1. The van der Waals surface area contributed by atoms with Crippen LogP contribution in [0.2, 0.25) is 0 Å². The Hall–Kier alpha value is -1.81. The number of alkyl halides is 1. The molecule has 1 aliphatic rings. The zero-order chi connectivity index (χ0) is 58.2. The summed E-state index contributed by atoms with van der Waals surface area (Å²) in [6, 6.07) is 0.0653. The third kappa shape index (κ3) is 39.6. The van der Waals surface area contributed by atoms with Crippen LogP contribution in [0.3, 0.4) is 0 Å². The largest absolute Gasteiger partial charge is 1.00 e. The molecule has 5 heterocycles. The van der Waals surface area contributed by atoms with Gasteiger partial charge in [0.05, 0.1) is 100 Å². The summed E-state index contributed by atoms with van der Waals surface area (Å²) >= 11 is 29.2. The molecule has 1 aliphatic heterocycles. The Morgan fingerprint density at radius 1 is 0.885 bits per heavy atom. The van der Waals surface area contributed by atoms with Gasteiger partial charge in [-0.15, -0.1) is 61.4 Å². The molecule has 3 unspecified atom stereocenters. The number of Topliss-reactive ketones (excluding diaryl/α,β-unsaturated/α-hetero) is 1. The van der Waals surface area contributed by atoms with Gasteiger partial charge in [0.15, 0.2) is 28.5 Å². The van der Waals surface area contributed by atoms with Crippen LogP contribution in [0, 0.1) is 27.7 Å². The summed E-state index contributed by atoms with van der Waals surface area (Å²) in [6.07, 6.45) is 5.80. The van der Waals surface area contributed by atoms with Gasteiger partial charge in [-0.2, -0.15) is 0 Å². The number of primary amides is 1. The number of esters is 2. The Morgan fingerprint density at radius 3 is 1.68 bits per heavy atom. The molecule has 78 heavy (non-hydrogen) atoms. The average molecular weight is 1350 g/mol. The molecule has 35 heteroatoms. The minimum Gasteiger partial charge on any atom is -1.00 e. The molecule has 0 radical (unpaired) electrons. The molecule has 432 valence electrons. The maximum absolute atomic E-state index is 11.3. The van der Waals surface area contributed by atoms with Crippen LogP contribution in [-0.2, 0) is 106 Å². The second kappa shape index (κ2) is 53.2. The van der Waals surface area contributed by atoms with Gasteiger partial charge in [0.2, 0.25) is 5.91 Å². The number of carbonyl (C=O) groups excluding carboxylic acids is 4. The quantitative estimate of drug-likeness (QED) is 0.0115. The van der Waals surface area contributed by atoms with E-state index in [0.717, 1.165) is 71.4 Å². The second-order valence-electron chi connectivity index (χ2n) is 13.1. The van der Waals surface area contributed by atoms with Crippen molar-refractivity contribution < 1.29 is 64.3 Å². The molecule has 0 spiro atoms. The number of aliphatic hydroxyl groups excluding tert-OH is 3. The molecule has 1 fully saturated rings. The van der Waals surface area contributed by atoms with Crippen LogP contribution in [0.4, 0.5) is 0 Å². The molecule has 4 aromatic rings. The number of halogens is 1. The minimum atomic E-state index is -1.14. The summed E-state index contributed by atoms with van der Waals surface area (Å²) in [5.74, 6) is -1.84. The van der Waals surface area contributed by atoms with E-state index in [9.17, 15) is 19.2 Å². The number of nitrogens with zero attached hydrogens (tertiary/aromatic N) is 6. The van der Waals surface area contributed by atoms with Crippen LogP contribution in [0.1, 0.15) is 109 Å². The summed E-state index contributed by atoms with van der Waals surface area (Å²) in [5.41, 5.74) is 23.9. The monoisotopic (exact) mass is 1350 g/mol. The Labute approximate surface area is 535 Å². The maximum Gasteiger partial charge on any atom is 1.00 e. The number of nitrogens with two attached hydrogens (primary N) is 4. The van der Waals surface area contributed by atoms with Crippen molar-refractivity contribution in [2.24, 2.45) is 27.4 Å². The standard InChI is InChI=1S/C9H11NO2S.C7H9N3OS2.C7H13N3OS.C7H9NOS.C6H9ClO3.C3H5NO.C3H5NS.CH4.Al.Li.P2S5.4H/c1-4-7-10-6(3)8(13-7)9(11)12-5-2;1-4-6(3-11)13-7(8-4)5-2-10(5)9-12;1-4-6(3-11)12-7(10-4)5(9)2-8;1-3-7-8-5(2)6(4-9)10-7;1-3-10-6(9)5(7)4(2)8;2*1-2-3(4)5;;;;3-1-2-5-7-6-4;;;;/h4H,1,5H2,2-3H3;5,11H,2-3H2,1H3;5,11H,2-3,8-9H2,1H3;3,9H,1,4H2,2H3;5H,3H2,1-2H3;2*2H,1H2,(H2,4,5);1H4;;;;;;;/q;;;;;;;;;+1;;;;;-1. The van der Waals surface area contributed by atoms with Gasteiger partial charge in [-0.25, -0.2) is 29.5 Å². The van der Waals surface area contributed by atoms with Gasteiger partial charge in [-0.1, -0.05) is 46.0 Å². The smallest absolute Gasteiger partial charge is 1.00 e. The molecule has 0 aromatic carbocycles. The predicted octanol–water partition coefficient (Wildman–Crippen LogP) is 3.85. The topological polar surface area (TPSA) is 318 Å². The molecular formula is C43H69AlClLiN10O9P2S11. The van der Waals surface area contributed by atoms with Crippen LogP contribution in [0.15, 0.2) is 42.9 Å². The minimum absolute atomic E-state index is 0. The third-order valence-electron chi connectivity index (χ3n) is 7.71. The first-order valence-electron chi connectivity index (χ1n) is 20.9. The number of carbonyl (C=O) groups is 4. The molecule has 0 saturated carbocycles. The second-order valence-corrected chi connectivity index (χ2v) is 28.3. The first-order chi connectivity index (χ1) is 35.4. The van der Waals surface area contributed by atoms with Gasteiger partial charge in [0.25, 0.3) is 0 Å². The van der Waals surface area contributed by atoms with Gasteiger partial charge < -0.3 is 49.2 Å². The number of thiazole rings is 4. The van der Waals surface area contributed by atoms with Crippen molar-refractivity contribution in [2.45, 2.75) is 93.2 Å². The molecule has 1 amide bonds. The van der Waals surface area contributed by atoms with Crippen molar-refractivity contribution in [3.05, 3.63) is 101 Å².